The third-order valence-electron chi connectivity index (χ3n) is 5.00. The molecule has 0 bridgehead atoms. The minimum Gasteiger partial charge on any atom is -0.396 e. The molecule has 24 heavy (non-hydrogen) atoms. The second kappa shape index (κ2) is 9.64. The maximum Gasteiger partial charge on any atom is 0.315 e. The molecule has 1 heterocycles. The Hall–Kier alpha value is -1.59. The summed E-state index contributed by atoms with van der Waals surface area (Å²) in [5.41, 5.74) is 1.34. The molecule has 0 saturated carbocycles. The summed E-state index contributed by atoms with van der Waals surface area (Å²) in [6, 6.07) is 11.2. The first-order valence-electron chi connectivity index (χ1n) is 9.11. The van der Waals surface area contributed by atoms with Gasteiger partial charge < -0.3 is 15.7 Å². The first kappa shape index (κ1) is 18.7. The van der Waals surface area contributed by atoms with Crippen molar-refractivity contribution >= 4 is 6.03 Å². The molecule has 1 aromatic carbocycles. The van der Waals surface area contributed by atoms with Gasteiger partial charge >= 0.3 is 6.03 Å². The number of likely N-dealkylation sites (tertiary alicyclic amines) is 1. The molecular weight excluding hydrogens is 302 g/mol. The summed E-state index contributed by atoms with van der Waals surface area (Å²) in [6.45, 7) is 6.36. The molecule has 5 heteroatoms. The smallest absolute Gasteiger partial charge is 0.315 e. The molecule has 1 aromatic rings. The van der Waals surface area contributed by atoms with E-state index in [-0.39, 0.29) is 24.7 Å². The van der Waals surface area contributed by atoms with E-state index >= 15 is 0 Å². The quantitative estimate of drug-likeness (QED) is 0.719. The van der Waals surface area contributed by atoms with Crippen LogP contribution in [0.2, 0.25) is 0 Å². The van der Waals surface area contributed by atoms with Gasteiger partial charge in [-0.3, -0.25) is 4.90 Å². The van der Waals surface area contributed by atoms with Crippen molar-refractivity contribution in [2.75, 3.05) is 19.7 Å². The second-order valence-corrected chi connectivity index (χ2v) is 6.63. The van der Waals surface area contributed by atoms with Crippen molar-refractivity contribution in [3.63, 3.8) is 0 Å². The largest absolute Gasteiger partial charge is 0.396 e. The number of urea groups is 1. The second-order valence-electron chi connectivity index (χ2n) is 6.63. The molecule has 1 fully saturated rings. The van der Waals surface area contributed by atoms with Gasteiger partial charge in [-0.15, -0.1) is 0 Å². The zero-order valence-electron chi connectivity index (χ0n) is 14.9. The monoisotopic (exact) mass is 333 g/mol. The van der Waals surface area contributed by atoms with Gasteiger partial charge in [-0.2, -0.15) is 0 Å². The van der Waals surface area contributed by atoms with Gasteiger partial charge in [0.15, 0.2) is 0 Å². The van der Waals surface area contributed by atoms with Crippen LogP contribution in [0.15, 0.2) is 30.3 Å². The minimum atomic E-state index is -0.107. The Labute approximate surface area is 145 Å². The maximum atomic E-state index is 12.1. The van der Waals surface area contributed by atoms with E-state index in [2.05, 4.69) is 46.7 Å². The van der Waals surface area contributed by atoms with Crippen molar-refractivity contribution in [1.82, 2.24) is 15.5 Å². The standard InChI is InChI=1S/C19H31N3O2/c1-3-17(11-14-23)20-19(24)21-18-9-12-22(13-10-18)15(2)16-7-5-4-6-8-16/h4-8,15,17-18,23H,3,9-14H2,1-2H3,(H2,20,21,24). The van der Waals surface area contributed by atoms with Crippen LogP contribution in [0, 0.1) is 0 Å². The van der Waals surface area contributed by atoms with Crippen LogP contribution in [0.4, 0.5) is 4.79 Å². The number of carbonyl (C=O) groups excluding carboxylic acids is 1. The zero-order chi connectivity index (χ0) is 17.4. The number of aliphatic hydroxyl groups is 1. The Morgan fingerprint density at radius 3 is 2.54 bits per heavy atom. The van der Waals surface area contributed by atoms with Gasteiger partial charge in [-0.25, -0.2) is 4.79 Å². The van der Waals surface area contributed by atoms with Gasteiger partial charge in [-0.1, -0.05) is 37.3 Å². The number of hydrogen-bond acceptors (Lipinski definition) is 3. The van der Waals surface area contributed by atoms with Crippen molar-refractivity contribution in [2.24, 2.45) is 0 Å². The zero-order valence-corrected chi connectivity index (χ0v) is 14.9. The number of benzene rings is 1. The number of nitrogens with one attached hydrogen (secondary N) is 2. The third kappa shape index (κ3) is 5.49. The summed E-state index contributed by atoms with van der Waals surface area (Å²) in [7, 11) is 0. The Morgan fingerprint density at radius 2 is 1.96 bits per heavy atom. The van der Waals surface area contributed by atoms with Crippen LogP contribution in [0.3, 0.4) is 0 Å². The Balaban J connectivity index is 1.75. The lowest BCUT2D eigenvalue weighted by Crippen LogP contribution is -2.50. The topological polar surface area (TPSA) is 64.6 Å². The van der Waals surface area contributed by atoms with Crippen LogP contribution in [0.25, 0.3) is 0 Å². The fraction of sp³-hybridized carbons (Fsp3) is 0.632. The molecule has 2 unspecified atom stereocenters. The lowest BCUT2D eigenvalue weighted by Gasteiger charge is -2.36. The molecule has 2 amide bonds. The van der Waals surface area contributed by atoms with E-state index in [1.165, 1.54) is 5.56 Å². The predicted octanol–water partition coefficient (Wildman–Crippen LogP) is 2.67. The van der Waals surface area contributed by atoms with Gasteiger partial charge in [0.25, 0.3) is 0 Å². The molecule has 2 rings (SSSR count). The molecule has 3 N–H and O–H groups in total. The average molecular weight is 333 g/mol. The summed E-state index contributed by atoms with van der Waals surface area (Å²) in [5.74, 6) is 0. The van der Waals surface area contributed by atoms with Crippen molar-refractivity contribution in [2.45, 2.75) is 57.7 Å². The van der Waals surface area contributed by atoms with Gasteiger partial charge in [-0.05, 0) is 38.2 Å². The normalized spacial score (nSPS) is 18.8. The molecule has 5 nitrogen and oxygen atoms in total. The van der Waals surface area contributed by atoms with Gasteiger partial charge in [0.05, 0.1) is 0 Å². The van der Waals surface area contributed by atoms with E-state index < -0.39 is 0 Å². The molecule has 0 spiro atoms. The van der Waals surface area contributed by atoms with Crippen LogP contribution >= 0.6 is 0 Å². The Morgan fingerprint density at radius 1 is 1.29 bits per heavy atom. The molecule has 0 aliphatic carbocycles. The number of amides is 2. The highest BCUT2D eigenvalue weighted by Crippen LogP contribution is 2.23. The van der Waals surface area contributed by atoms with Crippen LogP contribution in [0.5, 0.6) is 0 Å². The van der Waals surface area contributed by atoms with E-state index in [4.69, 9.17) is 5.11 Å². The number of rotatable bonds is 7. The number of hydrogen-bond donors (Lipinski definition) is 3. The Kier molecular flexibility index (Phi) is 7.53. The number of aliphatic hydroxyl groups excluding tert-OH is 1. The summed E-state index contributed by atoms with van der Waals surface area (Å²) in [4.78, 5) is 14.6. The van der Waals surface area contributed by atoms with Crippen molar-refractivity contribution in [3.05, 3.63) is 35.9 Å². The summed E-state index contributed by atoms with van der Waals surface area (Å²) < 4.78 is 0. The van der Waals surface area contributed by atoms with Crippen LogP contribution in [-0.4, -0.2) is 47.8 Å². The van der Waals surface area contributed by atoms with E-state index in [0.29, 0.717) is 12.5 Å². The molecule has 1 aliphatic heterocycles. The van der Waals surface area contributed by atoms with Crippen LogP contribution < -0.4 is 10.6 Å². The van der Waals surface area contributed by atoms with E-state index in [1.54, 1.807) is 0 Å². The molecule has 134 valence electrons. The predicted molar refractivity (Wildman–Crippen MR) is 96.9 cm³/mol. The third-order valence-corrected chi connectivity index (χ3v) is 5.00. The lowest BCUT2D eigenvalue weighted by molar-refractivity contribution is 0.152. The molecule has 0 aromatic heterocycles. The highest BCUT2D eigenvalue weighted by Gasteiger charge is 2.24. The lowest BCUT2D eigenvalue weighted by atomic mass is 10.0. The van der Waals surface area contributed by atoms with Gasteiger partial charge in [0, 0.05) is 37.8 Å². The van der Waals surface area contributed by atoms with E-state index in [9.17, 15) is 4.79 Å². The van der Waals surface area contributed by atoms with Crippen LogP contribution in [0.1, 0.15) is 51.1 Å². The fourth-order valence-electron chi connectivity index (χ4n) is 3.32. The Bertz CT molecular complexity index is 487. The van der Waals surface area contributed by atoms with Crippen molar-refractivity contribution in [1.29, 1.82) is 0 Å². The highest BCUT2D eigenvalue weighted by atomic mass is 16.3. The highest BCUT2D eigenvalue weighted by molar-refractivity contribution is 5.74. The first-order valence-corrected chi connectivity index (χ1v) is 9.11. The van der Waals surface area contributed by atoms with Crippen molar-refractivity contribution in [3.8, 4) is 0 Å². The SMILES string of the molecule is CCC(CCO)NC(=O)NC1CCN(C(C)c2ccccc2)CC1. The van der Waals surface area contributed by atoms with Gasteiger partial charge in [0.1, 0.15) is 0 Å². The molecule has 1 aliphatic rings. The number of piperidine rings is 1. The minimum absolute atomic E-state index is 0.0493. The first-order chi connectivity index (χ1) is 11.6. The molecule has 2 atom stereocenters. The fourth-order valence-corrected chi connectivity index (χ4v) is 3.32. The van der Waals surface area contributed by atoms with E-state index in [0.717, 1.165) is 32.4 Å². The van der Waals surface area contributed by atoms with Crippen molar-refractivity contribution < 1.29 is 9.90 Å². The average Bonchev–Trinajstić information content (AvgIpc) is 2.62. The molecule has 0 radical (unpaired) electrons. The molecule has 1 saturated heterocycles. The summed E-state index contributed by atoms with van der Waals surface area (Å²) >= 11 is 0. The van der Waals surface area contributed by atoms with Gasteiger partial charge in [0.2, 0.25) is 0 Å². The maximum absolute atomic E-state index is 12.1. The van der Waals surface area contributed by atoms with E-state index in [1.807, 2.05) is 13.0 Å². The number of nitrogens with zero attached hydrogens (tertiary/aromatic N) is 1. The van der Waals surface area contributed by atoms with Crippen LogP contribution in [-0.2, 0) is 0 Å². The summed E-state index contributed by atoms with van der Waals surface area (Å²) in [6.07, 6.45) is 3.39. The summed E-state index contributed by atoms with van der Waals surface area (Å²) in [5, 5.41) is 15.0. The molecular formula is C19H31N3O2. The number of carbonyl (C=O) groups is 1.